The molecule has 23 heavy (non-hydrogen) atoms. The standard InChI is InChI=1S/C14H15ClN4O4/c1-4-22-14(21)10-6(2)23-13(11(10)12(16)20)19-9-5-8(15)17-7(3)18-9/h5H,4H2,1-3H3,(H2,16,20)(H,17,18,19). The number of rotatable bonds is 5. The van der Waals surface area contributed by atoms with E-state index in [0.29, 0.717) is 11.6 Å². The van der Waals surface area contributed by atoms with Gasteiger partial charge in [-0.3, -0.25) is 4.79 Å². The van der Waals surface area contributed by atoms with Gasteiger partial charge in [-0.2, -0.15) is 0 Å². The zero-order valence-corrected chi connectivity index (χ0v) is 13.5. The number of ether oxygens (including phenoxy) is 1. The first kappa shape index (κ1) is 16.8. The van der Waals surface area contributed by atoms with Crippen LogP contribution in [0.15, 0.2) is 10.5 Å². The van der Waals surface area contributed by atoms with Crippen LogP contribution in [0.3, 0.4) is 0 Å². The highest BCUT2D eigenvalue weighted by atomic mass is 35.5. The van der Waals surface area contributed by atoms with Crippen molar-refractivity contribution in [2.45, 2.75) is 20.8 Å². The third-order valence-corrected chi connectivity index (χ3v) is 3.05. The molecule has 122 valence electrons. The van der Waals surface area contributed by atoms with Crippen molar-refractivity contribution >= 4 is 35.2 Å². The maximum absolute atomic E-state index is 12.0. The highest BCUT2D eigenvalue weighted by molar-refractivity contribution is 6.29. The zero-order chi connectivity index (χ0) is 17.1. The largest absolute Gasteiger partial charge is 0.462 e. The van der Waals surface area contributed by atoms with Crippen molar-refractivity contribution in [3.63, 3.8) is 0 Å². The Morgan fingerprint density at radius 3 is 2.61 bits per heavy atom. The first-order chi connectivity index (χ1) is 10.8. The third-order valence-electron chi connectivity index (χ3n) is 2.86. The maximum Gasteiger partial charge on any atom is 0.342 e. The number of anilines is 2. The van der Waals surface area contributed by atoms with Gasteiger partial charge in [-0.1, -0.05) is 11.6 Å². The van der Waals surface area contributed by atoms with Gasteiger partial charge in [-0.05, 0) is 20.8 Å². The van der Waals surface area contributed by atoms with E-state index in [-0.39, 0.29) is 34.5 Å². The molecular weight excluding hydrogens is 324 g/mol. The van der Waals surface area contributed by atoms with E-state index < -0.39 is 11.9 Å². The summed E-state index contributed by atoms with van der Waals surface area (Å²) >= 11 is 5.86. The van der Waals surface area contributed by atoms with Gasteiger partial charge in [0.05, 0.1) is 6.61 Å². The summed E-state index contributed by atoms with van der Waals surface area (Å²) in [5, 5.41) is 3.00. The minimum atomic E-state index is -0.829. The number of hydrogen-bond donors (Lipinski definition) is 2. The fourth-order valence-electron chi connectivity index (χ4n) is 2.03. The van der Waals surface area contributed by atoms with Gasteiger partial charge < -0.3 is 20.2 Å². The normalized spacial score (nSPS) is 10.4. The molecule has 0 saturated carbocycles. The second-order valence-corrected chi connectivity index (χ2v) is 4.96. The molecule has 2 heterocycles. The van der Waals surface area contributed by atoms with Gasteiger partial charge in [0.15, 0.2) is 0 Å². The first-order valence-electron chi connectivity index (χ1n) is 6.72. The summed E-state index contributed by atoms with van der Waals surface area (Å²) in [6.07, 6.45) is 0. The number of aromatic nitrogens is 2. The average Bonchev–Trinajstić information content (AvgIpc) is 2.74. The zero-order valence-electron chi connectivity index (χ0n) is 12.8. The molecule has 2 aromatic rings. The topological polar surface area (TPSA) is 120 Å². The Kier molecular flexibility index (Phi) is 4.85. The van der Waals surface area contributed by atoms with Gasteiger partial charge in [0, 0.05) is 6.07 Å². The Hall–Kier alpha value is -2.61. The molecule has 0 aromatic carbocycles. The molecule has 0 saturated heterocycles. The molecule has 0 aliphatic heterocycles. The predicted octanol–water partition coefficient (Wildman–Crippen LogP) is 2.36. The summed E-state index contributed by atoms with van der Waals surface area (Å²) < 4.78 is 10.4. The summed E-state index contributed by atoms with van der Waals surface area (Å²) in [7, 11) is 0. The lowest BCUT2D eigenvalue weighted by Crippen LogP contribution is -2.18. The Morgan fingerprint density at radius 1 is 1.35 bits per heavy atom. The van der Waals surface area contributed by atoms with E-state index in [9.17, 15) is 9.59 Å². The van der Waals surface area contributed by atoms with Crippen molar-refractivity contribution in [1.82, 2.24) is 9.97 Å². The van der Waals surface area contributed by atoms with Crippen LogP contribution in [-0.2, 0) is 4.74 Å². The van der Waals surface area contributed by atoms with Gasteiger partial charge >= 0.3 is 5.97 Å². The second-order valence-electron chi connectivity index (χ2n) is 4.57. The summed E-state index contributed by atoms with van der Waals surface area (Å²) in [6, 6.07) is 1.45. The number of carbonyl (C=O) groups is 2. The van der Waals surface area contributed by atoms with E-state index in [1.807, 2.05) is 0 Å². The number of nitrogens with two attached hydrogens (primary N) is 1. The van der Waals surface area contributed by atoms with Crippen LogP contribution in [0, 0.1) is 13.8 Å². The molecule has 8 nitrogen and oxygen atoms in total. The van der Waals surface area contributed by atoms with Crippen molar-refractivity contribution < 1.29 is 18.7 Å². The van der Waals surface area contributed by atoms with E-state index in [2.05, 4.69) is 15.3 Å². The molecule has 9 heteroatoms. The SMILES string of the molecule is CCOC(=O)c1c(C)oc(Nc2cc(Cl)nc(C)n2)c1C(N)=O. The highest BCUT2D eigenvalue weighted by Gasteiger charge is 2.28. The van der Waals surface area contributed by atoms with Crippen LogP contribution in [0.1, 0.15) is 39.2 Å². The predicted molar refractivity (Wildman–Crippen MR) is 83.0 cm³/mol. The van der Waals surface area contributed by atoms with Crippen LogP contribution in [0.5, 0.6) is 0 Å². The van der Waals surface area contributed by atoms with Crippen molar-refractivity contribution in [3.05, 3.63) is 33.9 Å². The Balaban J connectivity index is 2.48. The van der Waals surface area contributed by atoms with Crippen LogP contribution in [0.25, 0.3) is 0 Å². The number of nitrogens with zero attached hydrogens (tertiary/aromatic N) is 2. The van der Waals surface area contributed by atoms with Crippen LogP contribution in [-0.4, -0.2) is 28.5 Å². The number of primary amides is 1. The Morgan fingerprint density at radius 2 is 2.04 bits per heavy atom. The molecular formula is C14H15ClN4O4. The molecule has 0 aliphatic rings. The summed E-state index contributed by atoms with van der Waals surface area (Å²) in [6.45, 7) is 5.00. The minimum absolute atomic E-state index is 0.00720. The van der Waals surface area contributed by atoms with Crippen molar-refractivity contribution in [2.75, 3.05) is 11.9 Å². The molecule has 0 aliphatic carbocycles. The number of esters is 1. The monoisotopic (exact) mass is 338 g/mol. The molecule has 0 unspecified atom stereocenters. The van der Waals surface area contributed by atoms with Gasteiger partial charge in [0.25, 0.3) is 5.91 Å². The van der Waals surface area contributed by atoms with Gasteiger partial charge in [-0.25, -0.2) is 14.8 Å². The molecule has 1 amide bonds. The van der Waals surface area contributed by atoms with Crippen molar-refractivity contribution in [1.29, 1.82) is 0 Å². The van der Waals surface area contributed by atoms with Crippen molar-refractivity contribution in [2.24, 2.45) is 5.73 Å². The molecule has 0 bridgehead atoms. The molecule has 2 aromatic heterocycles. The van der Waals surface area contributed by atoms with Gasteiger partial charge in [-0.15, -0.1) is 0 Å². The van der Waals surface area contributed by atoms with E-state index in [4.69, 9.17) is 26.5 Å². The minimum Gasteiger partial charge on any atom is -0.462 e. The summed E-state index contributed by atoms with van der Waals surface area (Å²) in [5.41, 5.74) is 5.25. The number of furan rings is 1. The molecule has 3 N–H and O–H groups in total. The average molecular weight is 339 g/mol. The van der Waals surface area contributed by atoms with Crippen LogP contribution < -0.4 is 11.1 Å². The van der Waals surface area contributed by atoms with E-state index >= 15 is 0 Å². The fraction of sp³-hybridized carbons (Fsp3) is 0.286. The fourth-order valence-corrected chi connectivity index (χ4v) is 2.25. The van der Waals surface area contributed by atoms with Crippen LogP contribution in [0.4, 0.5) is 11.7 Å². The molecule has 2 rings (SSSR count). The maximum atomic E-state index is 12.0. The third kappa shape index (κ3) is 3.59. The molecule has 0 fully saturated rings. The van der Waals surface area contributed by atoms with Crippen molar-refractivity contribution in [3.8, 4) is 0 Å². The van der Waals surface area contributed by atoms with E-state index in [0.717, 1.165) is 0 Å². The van der Waals surface area contributed by atoms with Crippen LogP contribution >= 0.6 is 11.6 Å². The lowest BCUT2D eigenvalue weighted by Gasteiger charge is -2.06. The number of hydrogen-bond acceptors (Lipinski definition) is 7. The van der Waals surface area contributed by atoms with Gasteiger partial charge in [0.2, 0.25) is 5.88 Å². The Bertz CT molecular complexity index is 752. The lowest BCUT2D eigenvalue weighted by atomic mass is 10.1. The number of aryl methyl sites for hydroxylation is 2. The quantitative estimate of drug-likeness (QED) is 0.634. The van der Waals surface area contributed by atoms with E-state index in [1.165, 1.54) is 13.0 Å². The summed E-state index contributed by atoms with van der Waals surface area (Å²) in [4.78, 5) is 31.8. The van der Waals surface area contributed by atoms with Crippen LogP contribution in [0.2, 0.25) is 5.15 Å². The number of amides is 1. The molecule has 0 atom stereocenters. The molecule has 0 spiro atoms. The summed E-state index contributed by atoms with van der Waals surface area (Å²) in [5.74, 6) is -0.593. The van der Waals surface area contributed by atoms with Gasteiger partial charge in [0.1, 0.15) is 33.7 Å². The number of halogens is 1. The smallest absolute Gasteiger partial charge is 0.342 e. The Labute approximate surface area is 137 Å². The lowest BCUT2D eigenvalue weighted by molar-refractivity contribution is 0.0521. The van der Waals surface area contributed by atoms with E-state index in [1.54, 1.807) is 13.8 Å². The first-order valence-corrected chi connectivity index (χ1v) is 7.09. The number of nitrogens with one attached hydrogen (secondary N) is 1. The molecule has 0 radical (unpaired) electrons. The highest BCUT2D eigenvalue weighted by Crippen LogP contribution is 2.30. The number of carbonyl (C=O) groups excluding carboxylic acids is 2. The second kappa shape index (κ2) is 6.66.